The summed E-state index contributed by atoms with van der Waals surface area (Å²) in [5.41, 5.74) is 0. The van der Waals surface area contributed by atoms with Gasteiger partial charge in [-0.05, 0) is 52.1 Å². The molecule has 0 rings (SSSR count). The summed E-state index contributed by atoms with van der Waals surface area (Å²) < 4.78 is 0. The number of rotatable bonds is 14. The van der Waals surface area contributed by atoms with E-state index in [4.69, 9.17) is 0 Å². The van der Waals surface area contributed by atoms with Crippen molar-refractivity contribution in [1.82, 2.24) is 21.3 Å². The van der Waals surface area contributed by atoms with Crippen LogP contribution in [0.4, 0.5) is 0 Å². The number of hydrogen-bond donors (Lipinski definition) is 4. The van der Waals surface area contributed by atoms with E-state index in [9.17, 15) is 0 Å². The molecule has 0 aliphatic rings. The van der Waals surface area contributed by atoms with Gasteiger partial charge in [-0.1, -0.05) is 26.0 Å². The highest BCUT2D eigenvalue weighted by Crippen LogP contribution is 1.76. The Morgan fingerprint density at radius 3 is 1.18 bits per heavy atom. The third kappa shape index (κ3) is 32.6. The van der Waals surface area contributed by atoms with Crippen molar-refractivity contribution < 1.29 is 0 Å². The van der Waals surface area contributed by atoms with Crippen molar-refractivity contribution >= 4 is 49.6 Å². The lowest BCUT2D eigenvalue weighted by Crippen LogP contribution is -2.22. The number of hydrogen-bond acceptors (Lipinski definition) is 4. The normalized spacial score (nSPS) is 9.36. The standard InChI is InChI=1S/C14H32N4.4ClH/c1-3-15-11-7-13-17-9-5-6-10-18-14-8-12-16-4-2;;;;/h5-6,15-18H,3-4,7-14H2,1-2H3;4*1H. The highest BCUT2D eigenvalue weighted by atomic mass is 35.5. The van der Waals surface area contributed by atoms with E-state index in [0.29, 0.717) is 0 Å². The SMILES string of the molecule is CCNCCCNCC=CCNCCCNCC.Cl.Cl.Cl.Cl. The van der Waals surface area contributed by atoms with Gasteiger partial charge in [0.15, 0.2) is 0 Å². The minimum Gasteiger partial charge on any atom is -0.317 e. The van der Waals surface area contributed by atoms with Gasteiger partial charge < -0.3 is 21.3 Å². The Kier molecular flexibility index (Phi) is 51.8. The zero-order valence-electron chi connectivity index (χ0n) is 13.9. The second-order valence-electron chi connectivity index (χ2n) is 4.29. The first-order valence-electron chi connectivity index (χ1n) is 7.39. The average molecular weight is 402 g/mol. The van der Waals surface area contributed by atoms with E-state index in [1.807, 2.05) is 0 Å². The first-order chi connectivity index (χ1) is 8.91. The molecular weight excluding hydrogens is 366 g/mol. The Labute approximate surface area is 162 Å². The Hall–Kier alpha value is 0.740. The lowest BCUT2D eigenvalue weighted by Gasteiger charge is -2.03. The topological polar surface area (TPSA) is 48.1 Å². The molecule has 0 aromatic heterocycles. The van der Waals surface area contributed by atoms with Crippen LogP contribution >= 0.6 is 49.6 Å². The third-order valence-corrected chi connectivity index (χ3v) is 2.61. The zero-order valence-corrected chi connectivity index (χ0v) is 17.1. The molecule has 0 spiro atoms. The third-order valence-electron chi connectivity index (χ3n) is 2.61. The molecule has 0 amide bonds. The summed E-state index contributed by atoms with van der Waals surface area (Å²) in [6.07, 6.45) is 6.80. The van der Waals surface area contributed by atoms with E-state index in [1.54, 1.807) is 0 Å². The fourth-order valence-corrected chi connectivity index (χ4v) is 1.57. The molecule has 8 heteroatoms. The van der Waals surface area contributed by atoms with Crippen LogP contribution in [0.5, 0.6) is 0 Å². The molecule has 0 saturated heterocycles. The number of nitrogens with one attached hydrogen (secondary N) is 4. The lowest BCUT2D eigenvalue weighted by molar-refractivity contribution is 0.624. The Bertz CT molecular complexity index is 168. The van der Waals surface area contributed by atoms with Crippen molar-refractivity contribution in [2.24, 2.45) is 0 Å². The van der Waals surface area contributed by atoms with Gasteiger partial charge in [0.05, 0.1) is 0 Å². The molecule has 0 aliphatic heterocycles. The van der Waals surface area contributed by atoms with Crippen molar-refractivity contribution in [3.05, 3.63) is 12.2 Å². The molecule has 22 heavy (non-hydrogen) atoms. The maximum atomic E-state index is 3.40. The van der Waals surface area contributed by atoms with Crippen LogP contribution in [0.3, 0.4) is 0 Å². The van der Waals surface area contributed by atoms with Crippen LogP contribution in [0.25, 0.3) is 0 Å². The van der Waals surface area contributed by atoms with Crippen LogP contribution in [0.2, 0.25) is 0 Å². The van der Waals surface area contributed by atoms with Gasteiger partial charge in [-0.15, -0.1) is 49.6 Å². The van der Waals surface area contributed by atoms with E-state index in [-0.39, 0.29) is 49.6 Å². The fraction of sp³-hybridized carbons (Fsp3) is 0.857. The van der Waals surface area contributed by atoms with Crippen molar-refractivity contribution in [3.8, 4) is 0 Å². The monoisotopic (exact) mass is 400 g/mol. The smallest absolute Gasteiger partial charge is 0.0135 e. The van der Waals surface area contributed by atoms with Crippen LogP contribution in [-0.4, -0.2) is 52.4 Å². The maximum Gasteiger partial charge on any atom is 0.0135 e. The van der Waals surface area contributed by atoms with E-state index in [1.165, 1.54) is 12.8 Å². The zero-order chi connectivity index (χ0) is 13.3. The summed E-state index contributed by atoms with van der Waals surface area (Å²) in [6, 6.07) is 0. The quantitative estimate of drug-likeness (QED) is 0.266. The maximum absolute atomic E-state index is 3.40. The minimum absolute atomic E-state index is 0. The first kappa shape index (κ1) is 34.2. The van der Waals surface area contributed by atoms with Gasteiger partial charge >= 0.3 is 0 Å². The molecule has 0 saturated carbocycles. The molecule has 0 unspecified atom stereocenters. The molecule has 140 valence electrons. The predicted octanol–water partition coefficient (Wildman–Crippen LogP) is 2.41. The van der Waals surface area contributed by atoms with Gasteiger partial charge in [-0.2, -0.15) is 0 Å². The molecule has 0 bridgehead atoms. The second-order valence-corrected chi connectivity index (χ2v) is 4.29. The number of halogens is 4. The lowest BCUT2D eigenvalue weighted by atomic mass is 10.4. The molecule has 0 heterocycles. The van der Waals surface area contributed by atoms with Crippen LogP contribution in [0, 0.1) is 0 Å². The predicted molar refractivity (Wildman–Crippen MR) is 110 cm³/mol. The van der Waals surface area contributed by atoms with E-state index < -0.39 is 0 Å². The molecule has 4 N–H and O–H groups in total. The van der Waals surface area contributed by atoms with Gasteiger partial charge in [0, 0.05) is 13.1 Å². The molecule has 0 aromatic rings. The average Bonchev–Trinajstić information content (AvgIpc) is 2.39. The molecule has 0 fully saturated rings. The fourth-order valence-electron chi connectivity index (χ4n) is 1.57. The van der Waals surface area contributed by atoms with E-state index >= 15 is 0 Å². The van der Waals surface area contributed by atoms with Crippen molar-refractivity contribution in [2.75, 3.05) is 52.4 Å². The first-order valence-corrected chi connectivity index (χ1v) is 7.39. The highest BCUT2D eigenvalue weighted by Gasteiger charge is 1.86. The van der Waals surface area contributed by atoms with Crippen LogP contribution in [-0.2, 0) is 0 Å². The van der Waals surface area contributed by atoms with Gasteiger partial charge in [-0.3, -0.25) is 0 Å². The Morgan fingerprint density at radius 2 is 0.864 bits per heavy atom. The Morgan fingerprint density at radius 1 is 0.545 bits per heavy atom. The van der Waals surface area contributed by atoms with E-state index in [2.05, 4.69) is 47.3 Å². The molecule has 0 aliphatic carbocycles. The molecule has 0 atom stereocenters. The van der Waals surface area contributed by atoms with Crippen molar-refractivity contribution in [1.29, 1.82) is 0 Å². The largest absolute Gasteiger partial charge is 0.317 e. The van der Waals surface area contributed by atoms with Crippen molar-refractivity contribution in [2.45, 2.75) is 26.7 Å². The minimum atomic E-state index is 0. The van der Waals surface area contributed by atoms with Gasteiger partial charge in [0.2, 0.25) is 0 Å². The van der Waals surface area contributed by atoms with Crippen LogP contribution < -0.4 is 21.3 Å². The molecule has 0 radical (unpaired) electrons. The Balaban J connectivity index is -0.000000241. The van der Waals surface area contributed by atoms with Gasteiger partial charge in [0.25, 0.3) is 0 Å². The highest BCUT2D eigenvalue weighted by molar-refractivity contribution is 5.86. The van der Waals surface area contributed by atoms with Gasteiger partial charge in [0.1, 0.15) is 0 Å². The van der Waals surface area contributed by atoms with E-state index in [0.717, 1.165) is 52.4 Å². The molecule has 0 aromatic carbocycles. The second kappa shape index (κ2) is 33.4. The summed E-state index contributed by atoms with van der Waals surface area (Å²) in [6.45, 7) is 12.8. The van der Waals surface area contributed by atoms with Crippen LogP contribution in [0.1, 0.15) is 26.7 Å². The summed E-state index contributed by atoms with van der Waals surface area (Å²) >= 11 is 0. The van der Waals surface area contributed by atoms with Crippen molar-refractivity contribution in [3.63, 3.8) is 0 Å². The van der Waals surface area contributed by atoms with Crippen LogP contribution in [0.15, 0.2) is 12.2 Å². The summed E-state index contributed by atoms with van der Waals surface area (Å²) in [4.78, 5) is 0. The summed E-state index contributed by atoms with van der Waals surface area (Å²) in [5, 5.41) is 13.4. The van der Waals surface area contributed by atoms with Gasteiger partial charge in [-0.25, -0.2) is 0 Å². The molecule has 4 nitrogen and oxygen atoms in total. The summed E-state index contributed by atoms with van der Waals surface area (Å²) in [7, 11) is 0. The molecular formula is C14H36Cl4N4. The summed E-state index contributed by atoms with van der Waals surface area (Å²) in [5.74, 6) is 0.